The first-order valence-electron chi connectivity index (χ1n) is 6.57. The summed E-state index contributed by atoms with van der Waals surface area (Å²) in [6.07, 6.45) is 0. The number of halogens is 1. The molecule has 0 aliphatic rings. The van der Waals surface area contributed by atoms with E-state index in [-0.39, 0.29) is 5.41 Å². The molecule has 0 saturated carbocycles. The summed E-state index contributed by atoms with van der Waals surface area (Å²) in [6, 6.07) is 8.06. The molecule has 1 aromatic carbocycles. The van der Waals surface area contributed by atoms with Gasteiger partial charge in [-0.1, -0.05) is 50.6 Å². The summed E-state index contributed by atoms with van der Waals surface area (Å²) in [5.41, 5.74) is 1.47. The second-order valence-corrected chi connectivity index (χ2v) is 6.12. The predicted octanol–water partition coefficient (Wildman–Crippen LogP) is 3.41. The minimum Gasteiger partial charge on any atom is -0.316 e. The molecule has 0 saturated heterocycles. The van der Waals surface area contributed by atoms with Crippen molar-refractivity contribution in [3.63, 3.8) is 0 Å². The third kappa shape index (κ3) is 5.38. The van der Waals surface area contributed by atoms with Crippen LogP contribution in [0.15, 0.2) is 24.3 Å². The van der Waals surface area contributed by atoms with Crippen LogP contribution in [0, 0.1) is 5.41 Å². The van der Waals surface area contributed by atoms with Crippen LogP contribution < -0.4 is 5.32 Å². The monoisotopic (exact) mass is 268 g/mol. The van der Waals surface area contributed by atoms with E-state index in [1.807, 2.05) is 18.2 Å². The van der Waals surface area contributed by atoms with Gasteiger partial charge in [0.05, 0.1) is 0 Å². The number of hydrogen-bond donors (Lipinski definition) is 1. The molecule has 1 N–H and O–H groups in total. The summed E-state index contributed by atoms with van der Waals surface area (Å²) in [5.74, 6) is 0. The van der Waals surface area contributed by atoms with E-state index in [9.17, 15) is 0 Å². The van der Waals surface area contributed by atoms with Crippen molar-refractivity contribution < 1.29 is 0 Å². The van der Waals surface area contributed by atoms with Gasteiger partial charge >= 0.3 is 0 Å². The zero-order chi connectivity index (χ0) is 13.6. The Kier molecular flexibility index (Phi) is 6.13. The van der Waals surface area contributed by atoms with Crippen LogP contribution in [0.1, 0.15) is 26.3 Å². The van der Waals surface area contributed by atoms with Crippen LogP contribution in [0.5, 0.6) is 0 Å². The van der Waals surface area contributed by atoms with Crippen LogP contribution in [-0.4, -0.2) is 31.6 Å². The molecule has 0 bridgehead atoms. The van der Waals surface area contributed by atoms with Crippen molar-refractivity contribution in [2.45, 2.75) is 27.3 Å². The maximum Gasteiger partial charge on any atom is 0.0451 e. The molecule has 102 valence electrons. The van der Waals surface area contributed by atoms with Gasteiger partial charge < -0.3 is 10.2 Å². The van der Waals surface area contributed by atoms with Crippen LogP contribution in [0.3, 0.4) is 0 Å². The van der Waals surface area contributed by atoms with E-state index < -0.39 is 0 Å². The Hall–Kier alpha value is -0.570. The van der Waals surface area contributed by atoms with Crippen molar-refractivity contribution in [3.05, 3.63) is 34.9 Å². The highest BCUT2D eigenvalue weighted by atomic mass is 35.5. The molecule has 1 rings (SSSR count). The van der Waals surface area contributed by atoms with Crippen molar-refractivity contribution in [3.8, 4) is 0 Å². The zero-order valence-corrected chi connectivity index (χ0v) is 12.7. The molecule has 0 heterocycles. The van der Waals surface area contributed by atoms with Crippen LogP contribution in [0.2, 0.25) is 5.02 Å². The summed E-state index contributed by atoms with van der Waals surface area (Å²) in [6.45, 7) is 10.7. The molecule has 0 atom stereocenters. The highest BCUT2D eigenvalue weighted by Gasteiger charge is 2.19. The molecule has 3 heteroatoms. The normalized spacial score (nSPS) is 12.1. The van der Waals surface area contributed by atoms with Gasteiger partial charge in [0.25, 0.3) is 0 Å². The highest BCUT2D eigenvalue weighted by molar-refractivity contribution is 6.31. The standard InChI is InChI=1S/C15H25ClN2/c1-5-17-11-15(2,3)12-18(4)10-13-8-6-7-9-14(13)16/h6-9,17H,5,10-12H2,1-4H3. The van der Waals surface area contributed by atoms with Gasteiger partial charge in [-0.2, -0.15) is 0 Å². The van der Waals surface area contributed by atoms with Crippen LogP contribution in [-0.2, 0) is 6.54 Å². The van der Waals surface area contributed by atoms with Crippen LogP contribution in [0.4, 0.5) is 0 Å². The molecule has 2 nitrogen and oxygen atoms in total. The summed E-state index contributed by atoms with van der Waals surface area (Å²) in [5, 5.41) is 4.27. The molecule has 0 radical (unpaired) electrons. The maximum atomic E-state index is 6.18. The maximum absolute atomic E-state index is 6.18. The first-order chi connectivity index (χ1) is 8.44. The van der Waals surface area contributed by atoms with E-state index in [4.69, 9.17) is 11.6 Å². The fourth-order valence-corrected chi connectivity index (χ4v) is 2.42. The summed E-state index contributed by atoms with van der Waals surface area (Å²) in [4.78, 5) is 2.33. The van der Waals surface area contributed by atoms with Crippen molar-refractivity contribution >= 4 is 11.6 Å². The first kappa shape index (κ1) is 15.5. The Labute approximate surface area is 116 Å². The number of rotatable bonds is 7. The molecular weight excluding hydrogens is 244 g/mol. The Bertz CT molecular complexity index is 363. The molecule has 1 aromatic rings. The van der Waals surface area contributed by atoms with Crippen LogP contribution >= 0.6 is 11.6 Å². The molecular formula is C15H25ClN2. The Balaban J connectivity index is 2.51. The Morgan fingerprint density at radius 1 is 1.28 bits per heavy atom. The average Bonchev–Trinajstić information content (AvgIpc) is 2.29. The molecule has 18 heavy (non-hydrogen) atoms. The van der Waals surface area contributed by atoms with Gasteiger partial charge in [0.2, 0.25) is 0 Å². The Morgan fingerprint density at radius 2 is 1.94 bits per heavy atom. The lowest BCUT2D eigenvalue weighted by atomic mass is 9.92. The minimum atomic E-state index is 0.270. The summed E-state index contributed by atoms with van der Waals surface area (Å²) in [7, 11) is 2.15. The van der Waals surface area contributed by atoms with Gasteiger partial charge in [0, 0.05) is 24.7 Å². The fourth-order valence-electron chi connectivity index (χ4n) is 2.22. The molecule has 0 amide bonds. The average molecular weight is 269 g/mol. The number of nitrogens with one attached hydrogen (secondary N) is 1. The predicted molar refractivity (Wildman–Crippen MR) is 80.1 cm³/mol. The first-order valence-corrected chi connectivity index (χ1v) is 6.95. The quantitative estimate of drug-likeness (QED) is 0.815. The van der Waals surface area contributed by atoms with Crippen molar-refractivity contribution in [1.82, 2.24) is 10.2 Å². The molecule has 0 fully saturated rings. The minimum absolute atomic E-state index is 0.270. The third-order valence-corrected chi connectivity index (χ3v) is 3.32. The van der Waals surface area contributed by atoms with E-state index in [2.05, 4.69) is 44.1 Å². The molecule has 0 aliphatic carbocycles. The second-order valence-electron chi connectivity index (χ2n) is 5.71. The van der Waals surface area contributed by atoms with Gasteiger partial charge in [0.1, 0.15) is 0 Å². The second kappa shape index (κ2) is 7.13. The lowest BCUT2D eigenvalue weighted by Crippen LogP contribution is -2.38. The van der Waals surface area contributed by atoms with E-state index in [0.717, 1.165) is 31.2 Å². The lowest BCUT2D eigenvalue weighted by Gasteiger charge is -2.30. The molecule has 0 aliphatic heterocycles. The molecule has 0 spiro atoms. The molecule has 0 unspecified atom stereocenters. The van der Waals surface area contributed by atoms with Gasteiger partial charge in [-0.15, -0.1) is 0 Å². The summed E-state index contributed by atoms with van der Waals surface area (Å²) >= 11 is 6.18. The van der Waals surface area contributed by atoms with Crippen LogP contribution in [0.25, 0.3) is 0 Å². The van der Waals surface area contributed by atoms with E-state index in [1.54, 1.807) is 0 Å². The Morgan fingerprint density at radius 3 is 2.56 bits per heavy atom. The molecule has 0 aromatic heterocycles. The van der Waals surface area contributed by atoms with Gasteiger partial charge in [-0.3, -0.25) is 0 Å². The van der Waals surface area contributed by atoms with E-state index in [1.165, 1.54) is 5.56 Å². The topological polar surface area (TPSA) is 15.3 Å². The number of hydrogen-bond acceptors (Lipinski definition) is 2. The third-order valence-electron chi connectivity index (χ3n) is 2.95. The highest BCUT2D eigenvalue weighted by Crippen LogP contribution is 2.20. The van der Waals surface area contributed by atoms with Crippen molar-refractivity contribution in [1.29, 1.82) is 0 Å². The SMILES string of the molecule is CCNCC(C)(C)CN(C)Cc1ccccc1Cl. The zero-order valence-electron chi connectivity index (χ0n) is 12.0. The number of benzene rings is 1. The van der Waals surface area contributed by atoms with E-state index >= 15 is 0 Å². The fraction of sp³-hybridized carbons (Fsp3) is 0.600. The van der Waals surface area contributed by atoms with Crippen molar-refractivity contribution in [2.24, 2.45) is 5.41 Å². The lowest BCUT2D eigenvalue weighted by molar-refractivity contribution is 0.199. The van der Waals surface area contributed by atoms with Crippen molar-refractivity contribution in [2.75, 3.05) is 26.7 Å². The summed E-state index contributed by atoms with van der Waals surface area (Å²) < 4.78 is 0. The largest absolute Gasteiger partial charge is 0.316 e. The van der Waals surface area contributed by atoms with Gasteiger partial charge in [0.15, 0.2) is 0 Å². The van der Waals surface area contributed by atoms with Gasteiger partial charge in [-0.25, -0.2) is 0 Å². The van der Waals surface area contributed by atoms with Gasteiger partial charge in [-0.05, 0) is 30.6 Å². The smallest absolute Gasteiger partial charge is 0.0451 e. The van der Waals surface area contributed by atoms with E-state index in [0.29, 0.717) is 0 Å². The number of nitrogens with zero attached hydrogens (tertiary/aromatic N) is 1.